The second-order valence-electron chi connectivity index (χ2n) is 13.7. The lowest BCUT2D eigenvalue weighted by Gasteiger charge is -2.26. The standard InChI is InChI=1S/C50H32N2/c1-2-13-35(14-3-1)51(37-25-28-45-43-18-7-6-16-41(43)42-17-8-9-19-44(42)48(45)31-37)38-26-29-47-46-20-10-11-21-49(46)52(50(47)32-38)36-24-27-40-34(30-36)23-22-33-12-4-5-15-39(33)40/h1-32H. The molecule has 11 aromatic rings. The van der Waals surface area contributed by atoms with Crippen molar-refractivity contribution in [3.8, 4) is 5.69 Å². The van der Waals surface area contributed by atoms with E-state index in [2.05, 4.69) is 204 Å². The van der Waals surface area contributed by atoms with Gasteiger partial charge in [-0.3, -0.25) is 0 Å². The Balaban J connectivity index is 1.16. The van der Waals surface area contributed by atoms with Gasteiger partial charge < -0.3 is 9.47 Å². The Labute approximate surface area is 301 Å². The lowest BCUT2D eigenvalue weighted by atomic mass is 9.94. The Hall–Kier alpha value is -6.90. The van der Waals surface area contributed by atoms with Gasteiger partial charge in [-0.2, -0.15) is 0 Å². The van der Waals surface area contributed by atoms with Crippen molar-refractivity contribution in [2.24, 2.45) is 0 Å². The average molecular weight is 661 g/mol. The van der Waals surface area contributed by atoms with E-state index in [1.54, 1.807) is 0 Å². The first-order valence-corrected chi connectivity index (χ1v) is 17.9. The minimum atomic E-state index is 1.11. The van der Waals surface area contributed by atoms with Crippen molar-refractivity contribution >= 4 is 92.7 Å². The Morgan fingerprint density at radius 2 is 0.769 bits per heavy atom. The van der Waals surface area contributed by atoms with Crippen molar-refractivity contribution in [3.63, 3.8) is 0 Å². The largest absolute Gasteiger partial charge is 0.310 e. The molecule has 52 heavy (non-hydrogen) atoms. The summed E-state index contributed by atoms with van der Waals surface area (Å²) in [7, 11) is 0. The van der Waals surface area contributed by atoms with Crippen LogP contribution in [-0.2, 0) is 0 Å². The highest BCUT2D eigenvalue weighted by atomic mass is 15.1. The Morgan fingerprint density at radius 1 is 0.269 bits per heavy atom. The van der Waals surface area contributed by atoms with Crippen molar-refractivity contribution in [2.45, 2.75) is 0 Å². The molecule has 1 heterocycles. The van der Waals surface area contributed by atoms with E-state index in [0.717, 1.165) is 22.7 Å². The third kappa shape index (κ3) is 4.31. The van der Waals surface area contributed by atoms with E-state index < -0.39 is 0 Å². The maximum Gasteiger partial charge on any atom is 0.0561 e. The number of para-hydroxylation sites is 2. The molecule has 0 aliphatic rings. The normalized spacial score (nSPS) is 11.8. The lowest BCUT2D eigenvalue weighted by Crippen LogP contribution is -2.10. The molecule has 0 fully saturated rings. The SMILES string of the molecule is c1ccc(N(c2ccc3c4ccccc4c4ccccc4c3c2)c2ccc3c4ccccc4n(-c4ccc5c(ccc6ccccc65)c4)c3c2)cc1. The molecule has 10 aromatic carbocycles. The minimum Gasteiger partial charge on any atom is -0.310 e. The quantitative estimate of drug-likeness (QED) is 0.171. The zero-order chi connectivity index (χ0) is 34.2. The van der Waals surface area contributed by atoms with Crippen LogP contribution in [0.1, 0.15) is 0 Å². The first-order valence-electron chi connectivity index (χ1n) is 17.9. The van der Waals surface area contributed by atoms with Crippen LogP contribution in [-0.4, -0.2) is 4.57 Å². The molecule has 0 saturated heterocycles. The second-order valence-corrected chi connectivity index (χ2v) is 13.7. The topological polar surface area (TPSA) is 8.17 Å². The summed E-state index contributed by atoms with van der Waals surface area (Å²) >= 11 is 0. The zero-order valence-corrected chi connectivity index (χ0v) is 28.4. The third-order valence-corrected chi connectivity index (χ3v) is 10.9. The zero-order valence-electron chi connectivity index (χ0n) is 28.4. The molecule has 2 nitrogen and oxygen atoms in total. The van der Waals surface area contributed by atoms with Gasteiger partial charge in [-0.05, 0) is 108 Å². The predicted molar refractivity (Wildman–Crippen MR) is 223 cm³/mol. The molecule has 0 unspecified atom stereocenters. The molecule has 0 radical (unpaired) electrons. The highest BCUT2D eigenvalue weighted by Gasteiger charge is 2.19. The monoisotopic (exact) mass is 660 g/mol. The highest BCUT2D eigenvalue weighted by molar-refractivity contribution is 6.26. The van der Waals surface area contributed by atoms with Gasteiger partial charge >= 0.3 is 0 Å². The van der Waals surface area contributed by atoms with Crippen molar-refractivity contribution in [2.75, 3.05) is 4.90 Å². The number of hydrogen-bond donors (Lipinski definition) is 0. The summed E-state index contributed by atoms with van der Waals surface area (Å²) in [6, 6.07) is 71.1. The number of benzene rings is 10. The van der Waals surface area contributed by atoms with Gasteiger partial charge in [0, 0.05) is 33.5 Å². The molecule has 0 bridgehead atoms. The minimum absolute atomic E-state index is 1.11. The van der Waals surface area contributed by atoms with Crippen molar-refractivity contribution in [1.82, 2.24) is 4.57 Å². The summed E-state index contributed by atoms with van der Waals surface area (Å²) < 4.78 is 2.44. The number of hydrogen-bond acceptors (Lipinski definition) is 1. The Bertz CT molecular complexity index is 3150. The molecule has 0 amide bonds. The molecule has 0 atom stereocenters. The van der Waals surface area contributed by atoms with Gasteiger partial charge in [0.15, 0.2) is 0 Å². The van der Waals surface area contributed by atoms with Crippen LogP contribution in [0.15, 0.2) is 194 Å². The fraction of sp³-hybridized carbons (Fsp3) is 0. The van der Waals surface area contributed by atoms with E-state index in [1.165, 1.54) is 75.7 Å². The van der Waals surface area contributed by atoms with E-state index >= 15 is 0 Å². The van der Waals surface area contributed by atoms with E-state index in [1.807, 2.05) is 0 Å². The summed E-state index contributed by atoms with van der Waals surface area (Å²) in [5.74, 6) is 0. The van der Waals surface area contributed by atoms with Crippen LogP contribution in [0.3, 0.4) is 0 Å². The van der Waals surface area contributed by atoms with Gasteiger partial charge in [-0.25, -0.2) is 0 Å². The highest BCUT2D eigenvalue weighted by Crippen LogP contribution is 2.43. The van der Waals surface area contributed by atoms with Gasteiger partial charge in [-0.1, -0.05) is 140 Å². The molecule has 1 aromatic heterocycles. The first kappa shape index (κ1) is 28.9. The lowest BCUT2D eigenvalue weighted by molar-refractivity contribution is 1.18. The van der Waals surface area contributed by atoms with Gasteiger partial charge in [0.25, 0.3) is 0 Å². The van der Waals surface area contributed by atoms with Crippen LogP contribution >= 0.6 is 0 Å². The summed E-state index contributed by atoms with van der Waals surface area (Å²) in [5, 5.41) is 15.2. The van der Waals surface area contributed by atoms with Gasteiger partial charge in [0.05, 0.1) is 11.0 Å². The first-order chi connectivity index (χ1) is 25.8. The van der Waals surface area contributed by atoms with Gasteiger partial charge in [0.1, 0.15) is 0 Å². The van der Waals surface area contributed by atoms with Gasteiger partial charge in [-0.15, -0.1) is 0 Å². The van der Waals surface area contributed by atoms with Crippen molar-refractivity contribution in [1.29, 1.82) is 0 Å². The molecule has 0 aliphatic carbocycles. The third-order valence-electron chi connectivity index (χ3n) is 10.9. The van der Waals surface area contributed by atoms with Crippen LogP contribution in [0.25, 0.3) is 81.4 Å². The van der Waals surface area contributed by atoms with Crippen LogP contribution in [0.5, 0.6) is 0 Å². The fourth-order valence-corrected chi connectivity index (χ4v) is 8.57. The van der Waals surface area contributed by atoms with Crippen LogP contribution in [0, 0.1) is 0 Å². The maximum absolute atomic E-state index is 2.44. The maximum atomic E-state index is 2.44. The Kier molecular flexibility index (Phi) is 6.28. The molecule has 0 N–H and O–H groups in total. The molecule has 0 spiro atoms. The van der Waals surface area contributed by atoms with Crippen molar-refractivity contribution < 1.29 is 0 Å². The summed E-state index contributed by atoms with van der Waals surface area (Å²) in [6.45, 7) is 0. The molecule has 2 heteroatoms. The van der Waals surface area contributed by atoms with E-state index in [9.17, 15) is 0 Å². The number of rotatable bonds is 4. The summed E-state index contributed by atoms with van der Waals surface area (Å²) in [4.78, 5) is 2.40. The summed E-state index contributed by atoms with van der Waals surface area (Å²) in [5.41, 5.74) is 6.88. The molecule has 11 rings (SSSR count). The average Bonchev–Trinajstić information content (AvgIpc) is 3.55. The van der Waals surface area contributed by atoms with E-state index in [0.29, 0.717) is 0 Å². The second kappa shape index (κ2) is 11.3. The number of nitrogens with zero attached hydrogens (tertiary/aromatic N) is 2. The summed E-state index contributed by atoms with van der Waals surface area (Å²) in [6.07, 6.45) is 0. The molecular formula is C50H32N2. The molecule has 0 aliphatic heterocycles. The smallest absolute Gasteiger partial charge is 0.0561 e. The van der Waals surface area contributed by atoms with E-state index in [4.69, 9.17) is 0 Å². The number of fused-ring (bicyclic) bond motifs is 12. The molecule has 0 saturated carbocycles. The van der Waals surface area contributed by atoms with Crippen molar-refractivity contribution in [3.05, 3.63) is 194 Å². The molecular weight excluding hydrogens is 629 g/mol. The fourth-order valence-electron chi connectivity index (χ4n) is 8.57. The van der Waals surface area contributed by atoms with Crippen LogP contribution in [0.4, 0.5) is 17.1 Å². The molecule has 242 valence electrons. The number of aromatic nitrogens is 1. The predicted octanol–water partition coefficient (Wildman–Crippen LogP) is 14.0. The van der Waals surface area contributed by atoms with E-state index in [-0.39, 0.29) is 0 Å². The van der Waals surface area contributed by atoms with Gasteiger partial charge in [0.2, 0.25) is 0 Å². The van der Waals surface area contributed by atoms with Crippen LogP contribution in [0.2, 0.25) is 0 Å². The number of anilines is 3. The Morgan fingerprint density at radius 3 is 1.52 bits per heavy atom. The van der Waals surface area contributed by atoms with Crippen LogP contribution < -0.4 is 4.90 Å².